The molecule has 16 rings (SSSR count). The molecule has 0 spiro atoms. The van der Waals surface area contributed by atoms with Crippen LogP contribution in [0.2, 0.25) is 0 Å². The Morgan fingerprint density at radius 1 is 0.238 bits per heavy atom. The van der Waals surface area contributed by atoms with E-state index in [1.54, 1.807) is 0 Å². The lowest BCUT2D eigenvalue weighted by atomic mass is 9.81. The number of rotatable bonds is 10. The van der Waals surface area contributed by atoms with Gasteiger partial charge in [-0.3, -0.25) is 0 Å². The molecule has 0 saturated heterocycles. The van der Waals surface area contributed by atoms with Crippen LogP contribution in [0.5, 0.6) is 0 Å². The van der Waals surface area contributed by atoms with E-state index in [9.17, 15) is 0 Å². The summed E-state index contributed by atoms with van der Waals surface area (Å²) in [6.45, 7) is 4.80. The summed E-state index contributed by atoms with van der Waals surface area (Å²) in [6.07, 6.45) is 0. The fourth-order valence-corrected chi connectivity index (χ4v) is 13.4. The van der Waals surface area contributed by atoms with E-state index in [1.165, 1.54) is 82.4 Å². The van der Waals surface area contributed by atoms with Crippen LogP contribution in [0.3, 0.4) is 0 Å². The highest BCUT2D eigenvalue weighted by atomic mass is 16.3. The molecule has 14 aromatic carbocycles. The minimum Gasteiger partial charge on any atom is -0.455 e. The van der Waals surface area contributed by atoms with E-state index in [-0.39, 0.29) is 5.41 Å². The Bertz CT molecular complexity index is 4990. The minimum absolute atomic E-state index is 0.260. The highest BCUT2D eigenvalue weighted by Gasteiger charge is 2.37. The van der Waals surface area contributed by atoms with Gasteiger partial charge in [0.15, 0.2) is 0 Å². The van der Waals surface area contributed by atoms with E-state index in [4.69, 9.17) is 4.42 Å². The first-order valence-electron chi connectivity index (χ1n) is 29.0. The zero-order chi connectivity index (χ0) is 55.9. The Kier molecular flexibility index (Phi) is 11.6. The van der Waals surface area contributed by atoms with Gasteiger partial charge in [-0.05, 0) is 185 Å². The van der Waals surface area contributed by atoms with Gasteiger partial charge in [0.1, 0.15) is 11.2 Å². The quantitative estimate of drug-likeness (QED) is 0.127. The maximum absolute atomic E-state index is 6.52. The third-order valence-electron chi connectivity index (χ3n) is 17.7. The molecule has 15 aromatic rings. The van der Waals surface area contributed by atoms with Crippen molar-refractivity contribution in [2.24, 2.45) is 0 Å². The van der Waals surface area contributed by atoms with Crippen LogP contribution >= 0.6 is 0 Å². The first kappa shape index (κ1) is 49.1. The molecule has 1 aliphatic carbocycles. The molecule has 3 heteroatoms. The van der Waals surface area contributed by atoms with Gasteiger partial charge in [0.25, 0.3) is 0 Å². The summed E-state index contributed by atoms with van der Waals surface area (Å²) in [5.41, 5.74) is 22.5. The average molecular weight is 1070 g/mol. The molecule has 3 nitrogen and oxygen atoms in total. The predicted octanol–water partition coefficient (Wildman–Crippen LogP) is 23.0. The van der Waals surface area contributed by atoms with E-state index in [2.05, 4.69) is 315 Å². The summed E-state index contributed by atoms with van der Waals surface area (Å²) in [6, 6.07) is 111. The van der Waals surface area contributed by atoms with E-state index in [1.807, 2.05) is 12.1 Å². The molecular weight excluding hydrogens is 1020 g/mol. The standard InChI is InChI=1S/C81H56N2O/c1-81(2)77-50-65(48-49-71(77)76-51-74-69-22-11-9-20-67(69)68-21-10-12-23-70(68)75(74)52-78(76)81)83(62-40-32-57(33-41-62)54-18-7-4-8-19-54)64-46-44-63(45-47-64)82(60-38-34-58(35-39-60)56-30-28-55(29-31-56)53-16-5-3-6-17-53)61-42-36-59(37-43-61)66-25-15-26-73-72-24-13-14-27-79(72)84-80(66)73/h3-52H,1-2H3. The largest absolute Gasteiger partial charge is 0.455 e. The Morgan fingerprint density at radius 2 is 0.595 bits per heavy atom. The van der Waals surface area contributed by atoms with Crippen molar-refractivity contribution in [3.05, 3.63) is 314 Å². The Morgan fingerprint density at radius 3 is 1.11 bits per heavy atom. The van der Waals surface area contributed by atoms with Crippen LogP contribution < -0.4 is 9.80 Å². The second kappa shape index (κ2) is 19.8. The van der Waals surface area contributed by atoms with Gasteiger partial charge in [0, 0.05) is 55.9 Å². The highest BCUT2D eigenvalue weighted by Crippen LogP contribution is 2.53. The van der Waals surface area contributed by atoms with Crippen molar-refractivity contribution in [3.8, 4) is 55.6 Å². The molecule has 0 N–H and O–H groups in total. The summed E-state index contributed by atoms with van der Waals surface area (Å²) in [5, 5.41) is 10.0. The zero-order valence-corrected chi connectivity index (χ0v) is 46.7. The Labute approximate surface area is 489 Å². The third kappa shape index (κ3) is 8.19. The van der Waals surface area contributed by atoms with Gasteiger partial charge in [0.05, 0.1) is 0 Å². The number of para-hydroxylation sites is 2. The van der Waals surface area contributed by atoms with Crippen LogP contribution in [-0.2, 0) is 5.41 Å². The first-order chi connectivity index (χ1) is 41.4. The van der Waals surface area contributed by atoms with Crippen molar-refractivity contribution in [2.45, 2.75) is 19.3 Å². The summed E-state index contributed by atoms with van der Waals surface area (Å²) >= 11 is 0. The fraction of sp³-hybridized carbons (Fsp3) is 0.0370. The number of anilines is 6. The number of nitrogens with zero attached hydrogens (tertiary/aromatic N) is 2. The number of furan rings is 1. The van der Waals surface area contributed by atoms with E-state index in [0.717, 1.165) is 72.8 Å². The van der Waals surface area contributed by atoms with Gasteiger partial charge in [-0.2, -0.15) is 0 Å². The van der Waals surface area contributed by atoms with Crippen molar-refractivity contribution < 1.29 is 4.42 Å². The molecule has 0 aliphatic heterocycles. The van der Waals surface area contributed by atoms with E-state index >= 15 is 0 Å². The molecule has 1 aliphatic rings. The molecule has 0 bridgehead atoms. The molecule has 396 valence electrons. The van der Waals surface area contributed by atoms with Gasteiger partial charge < -0.3 is 14.2 Å². The lowest BCUT2D eigenvalue weighted by molar-refractivity contribution is 0.661. The zero-order valence-electron chi connectivity index (χ0n) is 46.7. The average Bonchev–Trinajstić information content (AvgIpc) is 2.34. The van der Waals surface area contributed by atoms with Crippen molar-refractivity contribution in [3.63, 3.8) is 0 Å². The Balaban J connectivity index is 0.800. The van der Waals surface area contributed by atoms with Crippen LogP contribution in [0.4, 0.5) is 34.1 Å². The van der Waals surface area contributed by atoms with Crippen molar-refractivity contribution in [1.82, 2.24) is 0 Å². The van der Waals surface area contributed by atoms with E-state index < -0.39 is 0 Å². The minimum atomic E-state index is -0.260. The molecular formula is C81H56N2O. The maximum atomic E-state index is 6.52. The lowest BCUT2D eigenvalue weighted by Crippen LogP contribution is -2.16. The van der Waals surface area contributed by atoms with Crippen LogP contribution in [0.1, 0.15) is 25.0 Å². The van der Waals surface area contributed by atoms with Crippen molar-refractivity contribution >= 4 is 88.4 Å². The van der Waals surface area contributed by atoms with Gasteiger partial charge >= 0.3 is 0 Å². The molecule has 1 aromatic heterocycles. The van der Waals surface area contributed by atoms with Crippen molar-refractivity contribution in [2.75, 3.05) is 9.80 Å². The maximum Gasteiger partial charge on any atom is 0.143 e. The summed E-state index contributed by atoms with van der Waals surface area (Å²) in [4.78, 5) is 4.78. The summed E-state index contributed by atoms with van der Waals surface area (Å²) in [5.74, 6) is 0. The molecule has 0 unspecified atom stereocenters. The molecule has 0 fully saturated rings. The van der Waals surface area contributed by atoms with Crippen LogP contribution in [0.25, 0.3) is 110 Å². The SMILES string of the molecule is CC1(C)c2cc(N(c3ccc(-c4ccccc4)cc3)c3ccc(N(c4ccc(-c5ccc(-c6ccccc6)cc5)cc4)c4ccc(-c5cccc6c5oc5ccccc56)cc4)cc3)ccc2-c2cc3c4ccccc4c4ccccc4c3cc21. The monoisotopic (exact) mass is 1070 g/mol. The van der Waals surface area contributed by atoms with Crippen LogP contribution in [0, 0.1) is 0 Å². The van der Waals surface area contributed by atoms with Gasteiger partial charge in [-0.15, -0.1) is 0 Å². The first-order valence-corrected chi connectivity index (χ1v) is 29.0. The summed E-state index contributed by atoms with van der Waals surface area (Å²) < 4.78 is 6.52. The normalized spacial score (nSPS) is 12.5. The molecule has 84 heavy (non-hydrogen) atoms. The molecule has 0 radical (unpaired) electrons. The topological polar surface area (TPSA) is 19.6 Å². The molecule has 0 saturated carbocycles. The lowest BCUT2D eigenvalue weighted by Gasteiger charge is -2.30. The van der Waals surface area contributed by atoms with Crippen LogP contribution in [0.15, 0.2) is 308 Å². The van der Waals surface area contributed by atoms with Crippen LogP contribution in [-0.4, -0.2) is 0 Å². The summed E-state index contributed by atoms with van der Waals surface area (Å²) in [7, 11) is 0. The van der Waals surface area contributed by atoms with Gasteiger partial charge in [0.2, 0.25) is 0 Å². The smallest absolute Gasteiger partial charge is 0.143 e. The van der Waals surface area contributed by atoms with Gasteiger partial charge in [-0.25, -0.2) is 0 Å². The second-order valence-electron chi connectivity index (χ2n) is 22.8. The molecule has 0 atom stereocenters. The second-order valence-corrected chi connectivity index (χ2v) is 22.8. The third-order valence-corrected chi connectivity index (χ3v) is 17.7. The number of hydrogen-bond acceptors (Lipinski definition) is 3. The fourth-order valence-electron chi connectivity index (χ4n) is 13.4. The molecule has 0 amide bonds. The Hall–Kier alpha value is -10.7. The highest BCUT2D eigenvalue weighted by molar-refractivity contribution is 6.26. The molecule has 1 heterocycles. The predicted molar refractivity (Wildman–Crippen MR) is 355 cm³/mol. The van der Waals surface area contributed by atoms with Gasteiger partial charge in [-0.1, -0.05) is 226 Å². The van der Waals surface area contributed by atoms with E-state index in [0.29, 0.717) is 0 Å². The number of benzene rings is 14. The number of fused-ring (bicyclic) bond motifs is 12. The van der Waals surface area contributed by atoms with Crippen molar-refractivity contribution in [1.29, 1.82) is 0 Å². The number of hydrogen-bond donors (Lipinski definition) is 0.